The van der Waals surface area contributed by atoms with E-state index < -0.39 is 23.9 Å². The van der Waals surface area contributed by atoms with E-state index in [0.29, 0.717) is 12.8 Å². The van der Waals surface area contributed by atoms with Gasteiger partial charge in [-0.3, -0.25) is 0 Å². The number of hydrogen-bond donors (Lipinski definition) is 4. The predicted octanol–water partition coefficient (Wildman–Crippen LogP) is -5.76. The molecule has 10 nitrogen and oxygen atoms in total. The summed E-state index contributed by atoms with van der Waals surface area (Å²) in [5.74, 6) is -4.40. The van der Waals surface area contributed by atoms with Gasteiger partial charge in [0.1, 0.15) is 11.5 Å². The summed E-state index contributed by atoms with van der Waals surface area (Å²) < 4.78 is 0. The molecule has 0 atom stereocenters. The molecule has 0 radical (unpaired) electrons. The molecule has 0 heterocycles. The number of phenols is 2. The van der Waals surface area contributed by atoms with Crippen molar-refractivity contribution in [3.8, 4) is 11.5 Å². The SMILES string of the molecule is O=C(O)c1cccc(O)c1.O=C(O)c1cccc(O)c1.O=C([O-])CCCCC(=O)[O-].[Na+].[Na+]. The van der Waals surface area contributed by atoms with Gasteiger partial charge in [0.2, 0.25) is 0 Å². The van der Waals surface area contributed by atoms with Gasteiger partial charge in [-0.25, -0.2) is 9.59 Å². The van der Waals surface area contributed by atoms with Crippen molar-refractivity contribution in [3.05, 3.63) is 59.7 Å². The number of benzene rings is 2. The van der Waals surface area contributed by atoms with E-state index >= 15 is 0 Å². The number of carboxylic acid groups (broad SMARTS) is 4. The standard InChI is InChI=1S/2C7H6O3.C6H10O4.2Na/c2*8-6-3-1-2-5(4-6)7(9)10;7-5(8)3-1-2-4-6(9)10;;/h2*1-4,8H,(H,9,10);1-4H2,(H,7,8)(H,9,10);;/q;;;2*+1/p-2. The zero-order chi connectivity index (χ0) is 23.1. The van der Waals surface area contributed by atoms with E-state index in [1.54, 1.807) is 0 Å². The van der Waals surface area contributed by atoms with Gasteiger partial charge >= 0.3 is 71.1 Å². The van der Waals surface area contributed by atoms with Crippen molar-refractivity contribution in [2.24, 2.45) is 0 Å². The van der Waals surface area contributed by atoms with Crippen LogP contribution in [0.2, 0.25) is 0 Å². The number of rotatable bonds is 7. The second-order valence-corrected chi connectivity index (χ2v) is 5.66. The smallest absolute Gasteiger partial charge is 0.550 e. The fourth-order valence-electron chi connectivity index (χ4n) is 1.82. The second-order valence-electron chi connectivity index (χ2n) is 5.66. The van der Waals surface area contributed by atoms with Crippen molar-refractivity contribution in [2.45, 2.75) is 25.7 Å². The first kappa shape index (κ1) is 34.5. The third-order valence-electron chi connectivity index (χ3n) is 3.20. The molecule has 0 saturated heterocycles. The molecule has 0 aliphatic heterocycles. The minimum absolute atomic E-state index is 0. The molecule has 0 bridgehead atoms. The summed E-state index contributed by atoms with van der Waals surface area (Å²) in [7, 11) is 0. The van der Waals surface area contributed by atoms with Gasteiger partial charge in [0.05, 0.1) is 11.1 Å². The molecule has 162 valence electrons. The van der Waals surface area contributed by atoms with Crippen molar-refractivity contribution in [3.63, 3.8) is 0 Å². The van der Waals surface area contributed by atoms with Crippen LogP contribution < -0.4 is 69.3 Å². The summed E-state index contributed by atoms with van der Waals surface area (Å²) in [5, 5.41) is 53.9. The first-order valence-corrected chi connectivity index (χ1v) is 8.47. The number of carboxylic acids is 4. The van der Waals surface area contributed by atoms with Gasteiger partial charge < -0.3 is 40.2 Å². The van der Waals surface area contributed by atoms with Crippen LogP contribution in [0.1, 0.15) is 46.4 Å². The van der Waals surface area contributed by atoms with Crippen molar-refractivity contribution >= 4 is 23.9 Å². The van der Waals surface area contributed by atoms with Crippen LogP contribution in [0.3, 0.4) is 0 Å². The summed E-state index contributed by atoms with van der Waals surface area (Å²) in [4.78, 5) is 40.0. The molecule has 0 aliphatic rings. The molecule has 0 fully saturated rings. The van der Waals surface area contributed by atoms with Crippen molar-refractivity contribution in [1.29, 1.82) is 0 Å². The van der Waals surface area contributed by atoms with Crippen LogP contribution in [0.5, 0.6) is 11.5 Å². The zero-order valence-corrected chi connectivity index (χ0v) is 21.7. The Labute approximate surface area is 228 Å². The summed E-state index contributed by atoms with van der Waals surface area (Å²) in [6, 6.07) is 11.0. The molecule has 0 saturated carbocycles. The van der Waals surface area contributed by atoms with Crippen LogP contribution in [-0.2, 0) is 9.59 Å². The number of carbonyl (C=O) groups is 4. The van der Waals surface area contributed by atoms with Crippen molar-refractivity contribution in [1.82, 2.24) is 0 Å². The number of unbranched alkanes of at least 4 members (excludes halogenated alkanes) is 1. The molecule has 2 aromatic carbocycles. The summed E-state index contributed by atoms with van der Waals surface area (Å²) >= 11 is 0. The van der Waals surface area contributed by atoms with Crippen LogP contribution in [0.15, 0.2) is 48.5 Å². The quantitative estimate of drug-likeness (QED) is 0.225. The number of aromatic hydroxyl groups is 2. The zero-order valence-electron chi connectivity index (χ0n) is 17.7. The molecule has 32 heavy (non-hydrogen) atoms. The minimum Gasteiger partial charge on any atom is -0.550 e. The van der Waals surface area contributed by atoms with E-state index in [1.807, 2.05) is 0 Å². The largest absolute Gasteiger partial charge is 1.00 e. The van der Waals surface area contributed by atoms with E-state index in [1.165, 1.54) is 48.5 Å². The number of carbonyl (C=O) groups excluding carboxylic acids is 2. The maximum atomic E-state index is 10.2. The molecule has 12 heteroatoms. The van der Waals surface area contributed by atoms with Crippen LogP contribution in [0.4, 0.5) is 0 Å². The Hall–Kier alpha value is -2.08. The van der Waals surface area contributed by atoms with Gasteiger partial charge in [0.15, 0.2) is 0 Å². The molecule has 2 rings (SSSR count). The van der Waals surface area contributed by atoms with Crippen molar-refractivity contribution in [2.75, 3.05) is 0 Å². The normalized spacial score (nSPS) is 8.62. The van der Waals surface area contributed by atoms with E-state index in [2.05, 4.69) is 0 Å². The minimum atomic E-state index is -1.14. The first-order chi connectivity index (χ1) is 14.0. The maximum Gasteiger partial charge on any atom is 1.00 e. The Balaban J connectivity index is -0.000000382. The average molecular weight is 466 g/mol. The van der Waals surface area contributed by atoms with Gasteiger partial charge in [-0.05, 0) is 62.1 Å². The topological polar surface area (TPSA) is 195 Å². The number of aromatic carboxylic acids is 2. The first-order valence-electron chi connectivity index (χ1n) is 8.47. The average Bonchev–Trinajstić information content (AvgIpc) is 2.66. The Morgan fingerprint density at radius 2 is 0.969 bits per heavy atom. The fraction of sp³-hybridized carbons (Fsp3) is 0.200. The molecule has 0 amide bonds. The number of hydrogen-bond acceptors (Lipinski definition) is 8. The Bertz CT molecular complexity index is 799. The maximum absolute atomic E-state index is 10.2. The van der Waals surface area contributed by atoms with Gasteiger partial charge in [-0.1, -0.05) is 12.1 Å². The molecule has 0 spiro atoms. The molecule has 0 unspecified atom stereocenters. The molecular weight excluding hydrogens is 446 g/mol. The van der Waals surface area contributed by atoms with Crippen LogP contribution in [-0.4, -0.2) is 44.3 Å². The number of aliphatic carboxylic acids is 2. The van der Waals surface area contributed by atoms with E-state index in [0.717, 1.165) is 0 Å². The van der Waals surface area contributed by atoms with Crippen LogP contribution >= 0.6 is 0 Å². The Morgan fingerprint density at radius 1 is 0.656 bits per heavy atom. The van der Waals surface area contributed by atoms with Gasteiger partial charge in [0.25, 0.3) is 0 Å². The van der Waals surface area contributed by atoms with Gasteiger partial charge in [0, 0.05) is 11.9 Å². The monoisotopic (exact) mass is 466 g/mol. The summed E-state index contributed by atoms with van der Waals surface area (Å²) in [6.07, 6.45) is 0.535. The molecule has 2 aromatic rings. The van der Waals surface area contributed by atoms with Crippen LogP contribution in [0, 0.1) is 0 Å². The third kappa shape index (κ3) is 18.7. The van der Waals surface area contributed by atoms with Crippen molar-refractivity contribution < 1.29 is 109 Å². The number of phenolic OH excluding ortho intramolecular Hbond substituents is 2. The summed E-state index contributed by atoms with van der Waals surface area (Å²) in [6.45, 7) is 0. The molecular formula is C20H20Na2O10. The van der Waals surface area contributed by atoms with E-state index in [9.17, 15) is 29.4 Å². The Kier molecular flexibility index (Phi) is 21.1. The molecule has 4 N–H and O–H groups in total. The molecule has 0 aliphatic carbocycles. The third-order valence-corrected chi connectivity index (χ3v) is 3.20. The van der Waals surface area contributed by atoms with Gasteiger partial charge in [-0.2, -0.15) is 0 Å². The van der Waals surface area contributed by atoms with Gasteiger partial charge in [-0.15, -0.1) is 0 Å². The summed E-state index contributed by atoms with van der Waals surface area (Å²) in [5.41, 5.74) is 0.194. The fourth-order valence-corrected chi connectivity index (χ4v) is 1.82. The van der Waals surface area contributed by atoms with E-state index in [-0.39, 0.29) is 94.6 Å². The van der Waals surface area contributed by atoms with E-state index in [4.69, 9.17) is 20.4 Å². The van der Waals surface area contributed by atoms with Crippen LogP contribution in [0.25, 0.3) is 0 Å². The second kappa shape index (κ2) is 19.6. The predicted molar refractivity (Wildman–Crippen MR) is 98.6 cm³/mol. The Morgan fingerprint density at radius 3 is 1.16 bits per heavy atom. The molecule has 0 aromatic heterocycles.